The fourth-order valence-electron chi connectivity index (χ4n) is 2.79. The zero-order valence-corrected chi connectivity index (χ0v) is 9.89. The number of aliphatic hydroxyl groups is 1. The predicted octanol–water partition coefficient (Wildman–Crippen LogP) is 1.36. The molecule has 2 rings (SSSR count). The Labute approximate surface area is 96.5 Å². The van der Waals surface area contributed by atoms with E-state index in [1.165, 1.54) is 19.3 Å². The predicted molar refractivity (Wildman–Crippen MR) is 62.7 cm³/mol. The summed E-state index contributed by atoms with van der Waals surface area (Å²) in [5, 5.41) is 10.5. The first-order chi connectivity index (χ1) is 7.69. The molecule has 1 unspecified atom stereocenters. The fraction of sp³-hybridized carbons (Fsp3) is 0.750. The molecular weight excluding hydrogens is 202 g/mol. The normalized spacial score (nSPS) is 21.9. The molecule has 0 spiro atoms. The van der Waals surface area contributed by atoms with Crippen molar-refractivity contribution in [1.29, 1.82) is 0 Å². The van der Waals surface area contributed by atoms with Gasteiger partial charge in [-0.25, -0.2) is 4.98 Å². The summed E-state index contributed by atoms with van der Waals surface area (Å²) in [5.41, 5.74) is 6.65. The van der Waals surface area contributed by atoms with Crippen molar-refractivity contribution < 1.29 is 5.11 Å². The lowest BCUT2D eigenvalue weighted by Crippen LogP contribution is -2.39. The van der Waals surface area contributed by atoms with Crippen LogP contribution in [0.1, 0.15) is 43.9 Å². The van der Waals surface area contributed by atoms with Crippen LogP contribution in [0.2, 0.25) is 0 Å². The van der Waals surface area contributed by atoms with Crippen LogP contribution in [0.25, 0.3) is 0 Å². The highest BCUT2D eigenvalue weighted by Gasteiger charge is 2.39. The summed E-state index contributed by atoms with van der Waals surface area (Å²) in [6, 6.07) is 0. The summed E-state index contributed by atoms with van der Waals surface area (Å²) in [6.45, 7) is 0.555. The van der Waals surface area contributed by atoms with Gasteiger partial charge in [0, 0.05) is 19.0 Å². The van der Waals surface area contributed by atoms with Gasteiger partial charge in [0.05, 0.1) is 18.2 Å². The number of nitrogens with two attached hydrogens (primary N) is 1. The van der Waals surface area contributed by atoms with Crippen LogP contribution in [0, 0.1) is 5.41 Å². The molecule has 1 fully saturated rings. The molecule has 1 aliphatic carbocycles. The summed E-state index contributed by atoms with van der Waals surface area (Å²) in [6.07, 6.45) is 8.65. The Kier molecular flexibility index (Phi) is 3.30. The Morgan fingerprint density at radius 2 is 2.19 bits per heavy atom. The van der Waals surface area contributed by atoms with Gasteiger partial charge in [-0.2, -0.15) is 0 Å². The van der Waals surface area contributed by atoms with Gasteiger partial charge < -0.3 is 15.4 Å². The molecule has 90 valence electrons. The van der Waals surface area contributed by atoms with E-state index in [0.717, 1.165) is 18.5 Å². The number of nitrogens with zero attached hydrogens (tertiary/aromatic N) is 2. The van der Waals surface area contributed by atoms with Crippen LogP contribution < -0.4 is 5.73 Å². The van der Waals surface area contributed by atoms with Gasteiger partial charge >= 0.3 is 0 Å². The maximum atomic E-state index is 10.5. The smallest absolute Gasteiger partial charge is 0.102 e. The van der Waals surface area contributed by atoms with Gasteiger partial charge in [0.25, 0.3) is 0 Å². The molecule has 1 aromatic rings. The molecule has 16 heavy (non-hydrogen) atoms. The second-order valence-corrected chi connectivity index (χ2v) is 4.96. The summed E-state index contributed by atoms with van der Waals surface area (Å²) in [7, 11) is 1.92. The van der Waals surface area contributed by atoms with E-state index in [2.05, 4.69) is 4.98 Å². The average molecular weight is 223 g/mol. The van der Waals surface area contributed by atoms with E-state index >= 15 is 0 Å². The highest BCUT2D eigenvalue weighted by Crippen LogP contribution is 2.44. The molecule has 0 bridgehead atoms. The lowest BCUT2D eigenvalue weighted by atomic mass is 9.69. The van der Waals surface area contributed by atoms with Crippen molar-refractivity contribution in [2.45, 2.75) is 38.2 Å². The number of hydrogen-bond donors (Lipinski definition) is 2. The Hall–Kier alpha value is -0.870. The van der Waals surface area contributed by atoms with Gasteiger partial charge in [-0.3, -0.25) is 0 Å². The summed E-state index contributed by atoms with van der Waals surface area (Å²) in [5.74, 6) is 0. The third-order valence-electron chi connectivity index (χ3n) is 3.97. The van der Waals surface area contributed by atoms with Crippen LogP contribution in [0.4, 0.5) is 0 Å². The largest absolute Gasteiger partial charge is 0.386 e. The molecule has 0 aromatic carbocycles. The SMILES string of the molecule is Cn1cncc1C(O)C1(CN)CCCCC1. The second kappa shape index (κ2) is 4.55. The van der Waals surface area contributed by atoms with E-state index in [4.69, 9.17) is 5.73 Å². The van der Waals surface area contributed by atoms with Crippen molar-refractivity contribution in [3.63, 3.8) is 0 Å². The molecule has 0 radical (unpaired) electrons. The van der Waals surface area contributed by atoms with Crippen molar-refractivity contribution in [3.8, 4) is 0 Å². The molecule has 1 aliphatic rings. The van der Waals surface area contributed by atoms with E-state index < -0.39 is 6.10 Å². The summed E-state index contributed by atoms with van der Waals surface area (Å²) < 4.78 is 1.89. The Morgan fingerprint density at radius 1 is 1.50 bits per heavy atom. The lowest BCUT2D eigenvalue weighted by molar-refractivity contribution is -0.00390. The molecular formula is C12H21N3O. The number of hydrogen-bond acceptors (Lipinski definition) is 3. The Balaban J connectivity index is 2.24. The van der Waals surface area contributed by atoms with E-state index in [9.17, 15) is 5.11 Å². The molecule has 0 aliphatic heterocycles. The topological polar surface area (TPSA) is 64.1 Å². The number of rotatable bonds is 3. The van der Waals surface area contributed by atoms with Gasteiger partial charge in [-0.05, 0) is 12.8 Å². The van der Waals surface area contributed by atoms with E-state index in [-0.39, 0.29) is 5.41 Å². The minimum absolute atomic E-state index is 0.133. The van der Waals surface area contributed by atoms with Crippen molar-refractivity contribution in [2.75, 3.05) is 6.54 Å². The quantitative estimate of drug-likeness (QED) is 0.813. The maximum Gasteiger partial charge on any atom is 0.102 e. The van der Waals surface area contributed by atoms with E-state index in [1.807, 2.05) is 11.6 Å². The maximum absolute atomic E-state index is 10.5. The van der Waals surface area contributed by atoms with Crippen molar-refractivity contribution in [1.82, 2.24) is 9.55 Å². The Bertz CT molecular complexity index is 342. The highest BCUT2D eigenvalue weighted by molar-refractivity contribution is 5.08. The number of imidazole rings is 1. The Morgan fingerprint density at radius 3 is 2.69 bits per heavy atom. The average Bonchev–Trinajstić information content (AvgIpc) is 2.75. The molecule has 1 atom stereocenters. The van der Waals surface area contributed by atoms with Gasteiger partial charge in [-0.1, -0.05) is 19.3 Å². The zero-order chi connectivity index (χ0) is 11.6. The minimum Gasteiger partial charge on any atom is -0.386 e. The first kappa shape index (κ1) is 11.6. The van der Waals surface area contributed by atoms with Crippen LogP contribution in [0.15, 0.2) is 12.5 Å². The monoisotopic (exact) mass is 223 g/mol. The second-order valence-electron chi connectivity index (χ2n) is 4.96. The molecule has 1 heterocycles. The molecule has 0 saturated heterocycles. The number of aromatic nitrogens is 2. The van der Waals surface area contributed by atoms with Crippen molar-refractivity contribution in [3.05, 3.63) is 18.2 Å². The van der Waals surface area contributed by atoms with Gasteiger partial charge in [0.15, 0.2) is 0 Å². The van der Waals surface area contributed by atoms with Crippen molar-refractivity contribution in [2.24, 2.45) is 18.2 Å². The van der Waals surface area contributed by atoms with Gasteiger partial charge in [0.2, 0.25) is 0 Å². The molecule has 4 heteroatoms. The third-order valence-corrected chi connectivity index (χ3v) is 3.97. The zero-order valence-electron chi connectivity index (χ0n) is 9.89. The molecule has 1 saturated carbocycles. The van der Waals surface area contributed by atoms with Crippen molar-refractivity contribution >= 4 is 0 Å². The minimum atomic E-state index is -0.481. The molecule has 0 amide bonds. The van der Waals surface area contributed by atoms with Crippen LogP contribution >= 0.6 is 0 Å². The van der Waals surface area contributed by atoms with Gasteiger partial charge in [0.1, 0.15) is 6.10 Å². The summed E-state index contributed by atoms with van der Waals surface area (Å²) >= 11 is 0. The number of aliphatic hydroxyl groups excluding tert-OH is 1. The fourth-order valence-corrected chi connectivity index (χ4v) is 2.79. The lowest BCUT2D eigenvalue weighted by Gasteiger charge is -2.40. The third kappa shape index (κ3) is 1.87. The molecule has 3 N–H and O–H groups in total. The first-order valence-electron chi connectivity index (χ1n) is 6.04. The standard InChI is InChI=1S/C12H21N3O/c1-15-9-14-7-10(15)11(16)12(8-13)5-3-2-4-6-12/h7,9,11,16H,2-6,8,13H2,1H3. The van der Waals surface area contributed by atoms with Crippen LogP contribution in [-0.4, -0.2) is 21.2 Å². The molecule has 4 nitrogen and oxygen atoms in total. The first-order valence-corrected chi connectivity index (χ1v) is 6.04. The van der Waals surface area contributed by atoms with E-state index in [0.29, 0.717) is 6.54 Å². The van der Waals surface area contributed by atoms with E-state index in [1.54, 1.807) is 12.5 Å². The van der Waals surface area contributed by atoms with Crippen LogP contribution in [0.3, 0.4) is 0 Å². The highest BCUT2D eigenvalue weighted by atomic mass is 16.3. The number of aryl methyl sites for hydroxylation is 1. The van der Waals surface area contributed by atoms with Crippen LogP contribution in [-0.2, 0) is 7.05 Å². The van der Waals surface area contributed by atoms with Gasteiger partial charge in [-0.15, -0.1) is 0 Å². The summed E-state index contributed by atoms with van der Waals surface area (Å²) in [4.78, 5) is 4.07. The molecule has 1 aromatic heterocycles. The van der Waals surface area contributed by atoms with Crippen LogP contribution in [0.5, 0.6) is 0 Å².